The normalized spacial score (nSPS) is 9.71. The van der Waals surface area contributed by atoms with Crippen molar-refractivity contribution in [2.45, 2.75) is 0 Å². The fraction of sp³-hybridized carbons (Fsp3) is 0. The third kappa shape index (κ3) is 1.64. The molecule has 4 heteroatoms. The Labute approximate surface area is 80.6 Å². The minimum absolute atomic E-state index is 0.408. The second kappa shape index (κ2) is 3.74. The summed E-state index contributed by atoms with van der Waals surface area (Å²) in [5, 5.41) is 0. The third-order valence-corrected chi connectivity index (χ3v) is 1.85. The molecule has 1 aromatic carbocycles. The highest BCUT2D eigenvalue weighted by atomic mass is 16.5. The average molecular weight is 188 g/mol. The number of carbonyl (C=O) groups is 1. The van der Waals surface area contributed by atoms with Crippen molar-refractivity contribution in [3.63, 3.8) is 0 Å². The summed E-state index contributed by atoms with van der Waals surface area (Å²) < 4.78 is 4.67. The number of aromatic amines is 1. The first-order chi connectivity index (χ1) is 6.90. The van der Waals surface area contributed by atoms with Gasteiger partial charge in [0.25, 0.3) is 6.47 Å². The fourth-order valence-corrected chi connectivity index (χ4v) is 1.18. The van der Waals surface area contributed by atoms with Gasteiger partial charge in [-0.1, -0.05) is 0 Å². The van der Waals surface area contributed by atoms with Gasteiger partial charge in [0.1, 0.15) is 5.75 Å². The molecule has 1 aromatic heterocycles. The third-order valence-electron chi connectivity index (χ3n) is 1.85. The van der Waals surface area contributed by atoms with Crippen molar-refractivity contribution in [3.8, 4) is 17.0 Å². The number of aromatic nitrogens is 2. The number of benzene rings is 1. The number of hydrogen-bond donors (Lipinski definition) is 1. The molecule has 4 nitrogen and oxygen atoms in total. The molecular weight excluding hydrogens is 180 g/mol. The molecule has 0 spiro atoms. The van der Waals surface area contributed by atoms with Crippen molar-refractivity contribution in [1.82, 2.24) is 9.97 Å². The summed E-state index contributed by atoms with van der Waals surface area (Å²) in [6, 6.07) is 7.16. The van der Waals surface area contributed by atoms with Crippen LogP contribution in [-0.2, 0) is 4.79 Å². The summed E-state index contributed by atoms with van der Waals surface area (Å²) >= 11 is 0. The predicted octanol–water partition coefficient (Wildman–Crippen LogP) is 1.61. The van der Waals surface area contributed by atoms with Crippen LogP contribution in [0.3, 0.4) is 0 Å². The van der Waals surface area contributed by atoms with Gasteiger partial charge in [-0.2, -0.15) is 0 Å². The van der Waals surface area contributed by atoms with E-state index < -0.39 is 0 Å². The number of nitrogens with zero attached hydrogens (tertiary/aromatic N) is 1. The summed E-state index contributed by atoms with van der Waals surface area (Å²) in [7, 11) is 0. The topological polar surface area (TPSA) is 55.0 Å². The molecular formula is C10H8N2O2. The Morgan fingerprint density at radius 3 is 2.64 bits per heavy atom. The smallest absolute Gasteiger partial charge is 0.298 e. The summed E-state index contributed by atoms with van der Waals surface area (Å²) in [5.41, 5.74) is 1.93. The number of nitrogens with one attached hydrogen (secondary N) is 1. The quantitative estimate of drug-likeness (QED) is 0.744. The molecule has 1 heterocycles. The lowest BCUT2D eigenvalue weighted by atomic mass is 10.2. The molecule has 0 aliphatic heterocycles. The number of ether oxygens (including phenoxy) is 1. The number of hydrogen-bond acceptors (Lipinski definition) is 3. The Hall–Kier alpha value is -2.10. The Morgan fingerprint density at radius 1 is 1.29 bits per heavy atom. The van der Waals surface area contributed by atoms with E-state index >= 15 is 0 Å². The summed E-state index contributed by atoms with van der Waals surface area (Å²) in [6.07, 6.45) is 3.35. The molecule has 0 fully saturated rings. The van der Waals surface area contributed by atoms with Crippen LogP contribution in [0.4, 0.5) is 0 Å². The van der Waals surface area contributed by atoms with Crippen molar-refractivity contribution >= 4 is 6.47 Å². The van der Waals surface area contributed by atoms with Crippen molar-refractivity contribution in [2.75, 3.05) is 0 Å². The molecule has 70 valence electrons. The average Bonchev–Trinajstić information content (AvgIpc) is 2.72. The van der Waals surface area contributed by atoms with Gasteiger partial charge < -0.3 is 9.72 Å². The number of rotatable bonds is 3. The van der Waals surface area contributed by atoms with Gasteiger partial charge in [0.15, 0.2) is 0 Å². The second-order valence-electron chi connectivity index (χ2n) is 2.70. The van der Waals surface area contributed by atoms with Crippen molar-refractivity contribution in [1.29, 1.82) is 0 Å². The molecule has 0 unspecified atom stereocenters. The highest BCUT2D eigenvalue weighted by Crippen LogP contribution is 2.19. The first-order valence-corrected chi connectivity index (χ1v) is 4.09. The zero-order valence-electron chi connectivity index (χ0n) is 7.31. The monoisotopic (exact) mass is 188 g/mol. The van der Waals surface area contributed by atoms with Crippen LogP contribution in [0.15, 0.2) is 36.8 Å². The Bertz CT molecular complexity index is 406. The van der Waals surface area contributed by atoms with Crippen molar-refractivity contribution < 1.29 is 9.53 Å². The highest BCUT2D eigenvalue weighted by molar-refractivity contribution is 5.59. The van der Waals surface area contributed by atoms with Gasteiger partial charge in [-0.05, 0) is 29.8 Å². The van der Waals surface area contributed by atoms with Crippen LogP contribution < -0.4 is 4.74 Å². The molecule has 0 aliphatic carbocycles. The minimum atomic E-state index is 0.408. The van der Waals surface area contributed by atoms with Gasteiger partial charge in [-0.15, -0.1) is 0 Å². The van der Waals surface area contributed by atoms with Crippen LogP contribution in [0.25, 0.3) is 11.3 Å². The first-order valence-electron chi connectivity index (χ1n) is 4.09. The molecule has 0 saturated heterocycles. The number of imidazole rings is 1. The molecule has 1 N–H and O–H groups in total. The second-order valence-corrected chi connectivity index (χ2v) is 2.70. The van der Waals surface area contributed by atoms with E-state index in [9.17, 15) is 4.79 Å². The molecule has 2 aromatic rings. The Morgan fingerprint density at radius 2 is 2.07 bits per heavy atom. The summed E-state index contributed by atoms with van der Waals surface area (Å²) in [5.74, 6) is 0.531. The van der Waals surface area contributed by atoms with E-state index in [0.717, 1.165) is 11.3 Å². The van der Waals surface area contributed by atoms with E-state index in [1.807, 2.05) is 12.1 Å². The van der Waals surface area contributed by atoms with Gasteiger partial charge >= 0.3 is 0 Å². The van der Waals surface area contributed by atoms with E-state index in [1.54, 1.807) is 24.7 Å². The molecule has 0 saturated carbocycles. The van der Waals surface area contributed by atoms with Gasteiger partial charge in [0.05, 0.1) is 18.2 Å². The molecule has 0 atom stereocenters. The molecule has 0 aliphatic rings. The zero-order valence-corrected chi connectivity index (χ0v) is 7.31. The molecule has 0 radical (unpaired) electrons. The molecule has 0 amide bonds. The maximum absolute atomic E-state index is 10.0. The standard InChI is InChI=1S/C10H8N2O2/c13-7-14-9-3-1-8(2-4-9)10-5-11-6-12-10/h1-7H,(H,11,12). The molecule has 0 bridgehead atoms. The summed E-state index contributed by atoms with van der Waals surface area (Å²) in [6.45, 7) is 0.408. The van der Waals surface area contributed by atoms with E-state index in [2.05, 4.69) is 14.7 Å². The SMILES string of the molecule is O=COc1ccc(-c2cnc[nH]2)cc1. The van der Waals surface area contributed by atoms with E-state index in [1.165, 1.54) is 0 Å². The Kier molecular flexibility index (Phi) is 2.27. The van der Waals surface area contributed by atoms with Gasteiger partial charge in [0, 0.05) is 0 Å². The van der Waals surface area contributed by atoms with E-state index in [0.29, 0.717) is 12.2 Å². The summed E-state index contributed by atoms with van der Waals surface area (Å²) in [4.78, 5) is 16.9. The Balaban J connectivity index is 2.26. The van der Waals surface area contributed by atoms with E-state index in [4.69, 9.17) is 0 Å². The maximum atomic E-state index is 10.0. The van der Waals surface area contributed by atoms with Crippen LogP contribution in [0, 0.1) is 0 Å². The van der Waals surface area contributed by atoms with Crippen LogP contribution in [0.2, 0.25) is 0 Å². The van der Waals surface area contributed by atoms with Gasteiger partial charge in [0.2, 0.25) is 0 Å². The highest BCUT2D eigenvalue weighted by Gasteiger charge is 1.98. The largest absolute Gasteiger partial charge is 0.429 e. The van der Waals surface area contributed by atoms with Crippen LogP contribution >= 0.6 is 0 Å². The maximum Gasteiger partial charge on any atom is 0.298 e. The predicted molar refractivity (Wildman–Crippen MR) is 50.7 cm³/mol. The lowest BCUT2D eigenvalue weighted by Gasteiger charge is -1.99. The molecule has 2 rings (SSSR count). The van der Waals surface area contributed by atoms with Crippen LogP contribution in [0.1, 0.15) is 0 Å². The lowest BCUT2D eigenvalue weighted by molar-refractivity contribution is -0.120. The van der Waals surface area contributed by atoms with Crippen molar-refractivity contribution in [3.05, 3.63) is 36.8 Å². The first kappa shape index (κ1) is 8.50. The fourth-order valence-electron chi connectivity index (χ4n) is 1.18. The van der Waals surface area contributed by atoms with Gasteiger partial charge in [-0.3, -0.25) is 4.79 Å². The van der Waals surface area contributed by atoms with Crippen LogP contribution in [0.5, 0.6) is 5.75 Å². The van der Waals surface area contributed by atoms with Crippen LogP contribution in [-0.4, -0.2) is 16.4 Å². The van der Waals surface area contributed by atoms with Gasteiger partial charge in [-0.25, -0.2) is 4.98 Å². The number of carbonyl (C=O) groups excluding carboxylic acids is 1. The van der Waals surface area contributed by atoms with E-state index in [-0.39, 0.29) is 0 Å². The minimum Gasteiger partial charge on any atom is -0.429 e. The molecule has 14 heavy (non-hydrogen) atoms. The lowest BCUT2D eigenvalue weighted by Crippen LogP contribution is -1.87. The number of H-pyrrole nitrogens is 1. The van der Waals surface area contributed by atoms with Crippen molar-refractivity contribution in [2.24, 2.45) is 0 Å². The zero-order chi connectivity index (χ0) is 9.80.